The Kier molecular flexibility index (Phi) is 14.0. The highest BCUT2D eigenvalue weighted by Crippen LogP contribution is 2.11. The molecule has 0 amide bonds. The first-order valence-electron chi connectivity index (χ1n) is 10.4. The van der Waals surface area contributed by atoms with E-state index in [4.69, 9.17) is 5.11 Å². The van der Waals surface area contributed by atoms with Gasteiger partial charge < -0.3 is 10.4 Å². The van der Waals surface area contributed by atoms with Gasteiger partial charge in [0.15, 0.2) is 0 Å². The van der Waals surface area contributed by atoms with Crippen LogP contribution in [0.25, 0.3) is 0 Å². The monoisotopic (exact) mass is 355 g/mol. The smallest absolute Gasteiger partial charge is 0.115 e. The standard InChI is InChI=1S/C18H31N.C6H6O/c1-2-3-4-5-6-7-8-9-10-14-17-19-18-15-12-11-13-16-18;7-6-4-2-1-3-5-6/h11-13,15-16,19H,2-10,14,17H2,1H3;1-5,7H. The lowest BCUT2D eigenvalue weighted by Gasteiger charge is -2.06. The molecular formula is C24H37NO. The Morgan fingerprint density at radius 3 is 1.54 bits per heavy atom. The Morgan fingerprint density at radius 1 is 0.615 bits per heavy atom. The number of benzene rings is 2. The summed E-state index contributed by atoms with van der Waals surface area (Å²) in [4.78, 5) is 0. The van der Waals surface area contributed by atoms with Gasteiger partial charge in [-0.05, 0) is 30.7 Å². The van der Waals surface area contributed by atoms with Crippen LogP contribution in [-0.2, 0) is 0 Å². The van der Waals surface area contributed by atoms with Crippen LogP contribution in [-0.4, -0.2) is 11.7 Å². The molecule has 0 bridgehead atoms. The minimum atomic E-state index is 0.322. The Labute approximate surface area is 160 Å². The quantitative estimate of drug-likeness (QED) is 0.388. The van der Waals surface area contributed by atoms with Gasteiger partial charge in [-0.15, -0.1) is 0 Å². The molecule has 2 rings (SSSR count). The molecule has 2 aromatic carbocycles. The zero-order valence-corrected chi connectivity index (χ0v) is 16.5. The molecule has 0 unspecified atom stereocenters. The van der Waals surface area contributed by atoms with Crippen molar-refractivity contribution in [2.75, 3.05) is 11.9 Å². The fourth-order valence-electron chi connectivity index (χ4n) is 2.83. The Hall–Kier alpha value is -1.96. The number of hydrogen-bond acceptors (Lipinski definition) is 2. The van der Waals surface area contributed by atoms with Crippen molar-refractivity contribution in [3.8, 4) is 5.75 Å². The van der Waals surface area contributed by atoms with Gasteiger partial charge in [-0.25, -0.2) is 0 Å². The summed E-state index contributed by atoms with van der Waals surface area (Å²) in [5.74, 6) is 0.322. The molecule has 2 heteroatoms. The maximum atomic E-state index is 8.63. The SMILES string of the molecule is CCCCCCCCCCCCNc1ccccc1.Oc1ccccc1. The highest BCUT2D eigenvalue weighted by Gasteiger charge is 1.93. The first kappa shape index (κ1) is 22.1. The van der Waals surface area contributed by atoms with Crippen LogP contribution in [0.15, 0.2) is 60.7 Å². The summed E-state index contributed by atoms with van der Waals surface area (Å²) in [6.45, 7) is 3.39. The molecule has 144 valence electrons. The van der Waals surface area contributed by atoms with Crippen molar-refractivity contribution in [3.05, 3.63) is 60.7 Å². The van der Waals surface area contributed by atoms with E-state index in [0.29, 0.717) is 5.75 Å². The molecule has 0 aliphatic carbocycles. The van der Waals surface area contributed by atoms with Gasteiger partial charge in [0.05, 0.1) is 0 Å². The van der Waals surface area contributed by atoms with Gasteiger partial charge in [0, 0.05) is 12.2 Å². The van der Waals surface area contributed by atoms with Crippen LogP contribution >= 0.6 is 0 Å². The number of aromatic hydroxyl groups is 1. The molecule has 0 spiro atoms. The molecule has 0 fully saturated rings. The van der Waals surface area contributed by atoms with Crippen LogP contribution < -0.4 is 5.32 Å². The molecule has 0 aromatic heterocycles. The number of phenolic OH excluding ortho intramolecular Hbond substituents is 1. The lowest BCUT2D eigenvalue weighted by atomic mass is 10.1. The zero-order chi connectivity index (χ0) is 18.7. The third-order valence-corrected chi connectivity index (χ3v) is 4.39. The largest absolute Gasteiger partial charge is 0.508 e. The van der Waals surface area contributed by atoms with E-state index in [1.54, 1.807) is 24.3 Å². The second kappa shape index (κ2) is 16.5. The molecule has 26 heavy (non-hydrogen) atoms. The molecular weight excluding hydrogens is 318 g/mol. The van der Waals surface area contributed by atoms with Crippen LogP contribution in [0.2, 0.25) is 0 Å². The highest BCUT2D eigenvalue weighted by molar-refractivity contribution is 5.42. The fourth-order valence-corrected chi connectivity index (χ4v) is 2.83. The summed E-state index contributed by atoms with van der Waals surface area (Å²) >= 11 is 0. The Bertz CT molecular complexity index is 512. The van der Waals surface area contributed by atoms with Crippen molar-refractivity contribution >= 4 is 5.69 Å². The number of unbranched alkanes of at least 4 members (excludes halogenated alkanes) is 9. The van der Waals surface area contributed by atoms with Crippen molar-refractivity contribution in [2.24, 2.45) is 0 Å². The number of hydrogen-bond donors (Lipinski definition) is 2. The van der Waals surface area contributed by atoms with E-state index in [-0.39, 0.29) is 0 Å². The lowest BCUT2D eigenvalue weighted by Crippen LogP contribution is -2.00. The molecule has 0 atom stereocenters. The maximum Gasteiger partial charge on any atom is 0.115 e. The van der Waals surface area contributed by atoms with Crippen LogP contribution in [0, 0.1) is 0 Å². The molecule has 0 aliphatic rings. The molecule has 0 radical (unpaired) electrons. The molecule has 2 nitrogen and oxygen atoms in total. The second-order valence-electron chi connectivity index (χ2n) is 6.81. The highest BCUT2D eigenvalue weighted by atomic mass is 16.3. The number of rotatable bonds is 12. The third-order valence-electron chi connectivity index (χ3n) is 4.39. The van der Waals surface area contributed by atoms with Crippen molar-refractivity contribution < 1.29 is 5.11 Å². The average Bonchev–Trinajstić information content (AvgIpc) is 2.68. The van der Waals surface area contributed by atoms with Crippen molar-refractivity contribution in [1.82, 2.24) is 0 Å². The summed E-state index contributed by atoms with van der Waals surface area (Å²) in [7, 11) is 0. The van der Waals surface area contributed by atoms with Crippen LogP contribution in [0.3, 0.4) is 0 Å². The number of anilines is 1. The topological polar surface area (TPSA) is 32.3 Å². The molecule has 0 heterocycles. The number of para-hydroxylation sites is 2. The first-order valence-corrected chi connectivity index (χ1v) is 10.4. The average molecular weight is 356 g/mol. The summed E-state index contributed by atoms with van der Waals surface area (Å²) in [5, 5.41) is 12.1. The predicted octanol–water partition coefficient (Wildman–Crippen LogP) is 7.41. The number of phenols is 1. The number of nitrogens with one attached hydrogen (secondary N) is 1. The second-order valence-corrected chi connectivity index (χ2v) is 6.81. The van der Waals surface area contributed by atoms with Gasteiger partial charge in [0.2, 0.25) is 0 Å². The molecule has 0 saturated heterocycles. The normalized spacial score (nSPS) is 10.0. The lowest BCUT2D eigenvalue weighted by molar-refractivity contribution is 0.475. The predicted molar refractivity (Wildman–Crippen MR) is 115 cm³/mol. The Morgan fingerprint density at radius 2 is 1.08 bits per heavy atom. The van der Waals surface area contributed by atoms with Crippen molar-refractivity contribution in [1.29, 1.82) is 0 Å². The van der Waals surface area contributed by atoms with E-state index < -0.39 is 0 Å². The Balaban J connectivity index is 0.000000401. The van der Waals surface area contributed by atoms with Gasteiger partial charge >= 0.3 is 0 Å². The van der Waals surface area contributed by atoms with Crippen molar-refractivity contribution in [3.63, 3.8) is 0 Å². The van der Waals surface area contributed by atoms with E-state index in [1.807, 2.05) is 6.07 Å². The molecule has 0 aliphatic heterocycles. The summed E-state index contributed by atoms with van der Waals surface area (Å²) in [6.07, 6.45) is 14.1. The zero-order valence-electron chi connectivity index (χ0n) is 16.5. The van der Waals surface area contributed by atoms with Gasteiger partial charge in [-0.2, -0.15) is 0 Å². The molecule has 0 saturated carbocycles. The van der Waals surface area contributed by atoms with E-state index in [2.05, 4.69) is 42.6 Å². The summed E-state index contributed by atoms with van der Waals surface area (Å²) < 4.78 is 0. The van der Waals surface area contributed by atoms with Crippen molar-refractivity contribution in [2.45, 2.75) is 71.1 Å². The van der Waals surface area contributed by atoms with E-state index in [1.165, 1.54) is 69.9 Å². The van der Waals surface area contributed by atoms with Crippen LogP contribution in [0.4, 0.5) is 5.69 Å². The van der Waals surface area contributed by atoms with Gasteiger partial charge in [0.1, 0.15) is 5.75 Å². The molecule has 2 aromatic rings. The summed E-state index contributed by atoms with van der Waals surface area (Å²) in [6, 6.07) is 19.2. The van der Waals surface area contributed by atoms with Gasteiger partial charge in [-0.3, -0.25) is 0 Å². The maximum absolute atomic E-state index is 8.63. The fraction of sp³-hybridized carbons (Fsp3) is 0.500. The third kappa shape index (κ3) is 13.3. The van der Waals surface area contributed by atoms with E-state index in [9.17, 15) is 0 Å². The molecule has 2 N–H and O–H groups in total. The van der Waals surface area contributed by atoms with E-state index >= 15 is 0 Å². The van der Waals surface area contributed by atoms with Crippen LogP contribution in [0.5, 0.6) is 5.75 Å². The first-order chi connectivity index (χ1) is 12.8. The van der Waals surface area contributed by atoms with Gasteiger partial charge in [0.25, 0.3) is 0 Å². The minimum Gasteiger partial charge on any atom is -0.508 e. The van der Waals surface area contributed by atoms with Crippen LogP contribution in [0.1, 0.15) is 71.1 Å². The summed E-state index contributed by atoms with van der Waals surface area (Å²) in [5.41, 5.74) is 1.25. The minimum absolute atomic E-state index is 0.322. The van der Waals surface area contributed by atoms with E-state index in [0.717, 1.165) is 6.54 Å². The van der Waals surface area contributed by atoms with Gasteiger partial charge in [-0.1, -0.05) is 101 Å².